The van der Waals surface area contributed by atoms with Crippen LogP contribution in [0, 0.1) is 6.92 Å². The van der Waals surface area contributed by atoms with Crippen molar-refractivity contribution < 1.29 is 9.59 Å². The van der Waals surface area contributed by atoms with Crippen LogP contribution in [-0.2, 0) is 11.8 Å². The van der Waals surface area contributed by atoms with Gasteiger partial charge in [0.1, 0.15) is 5.69 Å². The van der Waals surface area contributed by atoms with Gasteiger partial charge in [0, 0.05) is 20.1 Å². The van der Waals surface area contributed by atoms with Crippen LogP contribution in [0.2, 0.25) is 0 Å². The number of amides is 2. The number of carbonyl (C=O) groups excluding carboxylic acids is 2. The normalized spacial score (nSPS) is 18.1. The fourth-order valence-electron chi connectivity index (χ4n) is 4.02. The molecule has 2 aromatic rings. The minimum absolute atomic E-state index is 0.0501. The summed E-state index contributed by atoms with van der Waals surface area (Å²) < 4.78 is 1.55. The largest absolute Gasteiger partial charge is 0.319 e. The molecule has 28 heavy (non-hydrogen) atoms. The Bertz CT molecular complexity index is 921. The van der Waals surface area contributed by atoms with Crippen molar-refractivity contribution >= 4 is 28.9 Å². The maximum absolute atomic E-state index is 13.5. The summed E-state index contributed by atoms with van der Waals surface area (Å²) in [5.41, 5.74) is 2.95. The van der Waals surface area contributed by atoms with E-state index in [4.69, 9.17) is 0 Å². The second kappa shape index (κ2) is 7.37. The Labute approximate surface area is 164 Å². The molecule has 2 aliphatic rings. The van der Waals surface area contributed by atoms with Crippen molar-refractivity contribution in [2.45, 2.75) is 13.3 Å². The van der Waals surface area contributed by atoms with Gasteiger partial charge in [0.15, 0.2) is 5.69 Å². The number of rotatable bonds is 2. The second-order valence-electron chi connectivity index (χ2n) is 7.54. The van der Waals surface area contributed by atoms with Crippen LogP contribution in [-0.4, -0.2) is 71.2 Å². The Balaban J connectivity index is 1.74. The Morgan fingerprint density at radius 2 is 1.93 bits per heavy atom. The molecule has 148 valence electrons. The molecule has 0 bridgehead atoms. The van der Waals surface area contributed by atoms with Crippen LogP contribution in [0.3, 0.4) is 0 Å². The molecule has 3 heterocycles. The zero-order chi connectivity index (χ0) is 19.8. The summed E-state index contributed by atoms with van der Waals surface area (Å²) in [4.78, 5) is 32.5. The van der Waals surface area contributed by atoms with Crippen LogP contribution in [0.1, 0.15) is 22.6 Å². The molecule has 2 amide bonds. The van der Waals surface area contributed by atoms with Crippen LogP contribution < -0.4 is 10.2 Å². The number of hydrogen-bond donors (Lipinski definition) is 1. The Kier molecular flexibility index (Phi) is 4.91. The first-order valence-electron chi connectivity index (χ1n) is 9.63. The zero-order valence-electron chi connectivity index (χ0n) is 16.6. The number of nitrogens with one attached hydrogen (secondary N) is 1. The molecular formula is C20H26N6O2. The molecule has 0 unspecified atom stereocenters. The van der Waals surface area contributed by atoms with E-state index in [1.54, 1.807) is 16.6 Å². The predicted octanol–water partition coefficient (Wildman–Crippen LogP) is 1.60. The van der Waals surface area contributed by atoms with E-state index >= 15 is 0 Å². The highest BCUT2D eigenvalue weighted by atomic mass is 16.2. The second-order valence-corrected chi connectivity index (χ2v) is 7.54. The lowest BCUT2D eigenvalue weighted by molar-refractivity contribution is -0.119. The Hall–Kier alpha value is -2.71. The molecule has 0 radical (unpaired) electrons. The van der Waals surface area contributed by atoms with Crippen molar-refractivity contribution in [3.8, 4) is 0 Å². The van der Waals surface area contributed by atoms with Crippen molar-refractivity contribution in [2.24, 2.45) is 7.05 Å². The van der Waals surface area contributed by atoms with Crippen molar-refractivity contribution in [3.05, 3.63) is 35.7 Å². The van der Waals surface area contributed by atoms with E-state index in [-0.39, 0.29) is 11.8 Å². The van der Waals surface area contributed by atoms with Gasteiger partial charge >= 0.3 is 0 Å². The molecule has 8 nitrogen and oxygen atoms in total. The van der Waals surface area contributed by atoms with Gasteiger partial charge < -0.3 is 10.2 Å². The number of anilines is 3. The fourth-order valence-corrected chi connectivity index (χ4v) is 4.02. The first kappa shape index (κ1) is 18.6. The molecule has 1 fully saturated rings. The average molecular weight is 382 g/mol. The maximum Gasteiger partial charge on any atom is 0.276 e. The van der Waals surface area contributed by atoms with Crippen LogP contribution in [0.15, 0.2) is 24.3 Å². The number of carbonyl (C=O) groups is 2. The number of nitrogens with zero attached hydrogens (tertiary/aromatic N) is 5. The van der Waals surface area contributed by atoms with Crippen LogP contribution in [0.4, 0.5) is 17.1 Å². The first-order chi connectivity index (χ1) is 13.5. The summed E-state index contributed by atoms with van der Waals surface area (Å²) in [7, 11) is 3.84. The summed E-state index contributed by atoms with van der Waals surface area (Å²) in [5.74, 6) is -0.303. The number of hydrogen-bond acceptors (Lipinski definition) is 5. The number of fused-ring (bicyclic) bond motifs is 2. The van der Waals surface area contributed by atoms with Gasteiger partial charge in [0.25, 0.3) is 5.91 Å². The third-order valence-electron chi connectivity index (χ3n) is 5.44. The molecule has 0 spiro atoms. The molecule has 1 saturated heterocycles. The van der Waals surface area contributed by atoms with Crippen LogP contribution >= 0.6 is 0 Å². The van der Waals surface area contributed by atoms with E-state index in [1.165, 1.54) is 0 Å². The van der Waals surface area contributed by atoms with E-state index in [9.17, 15) is 9.59 Å². The van der Waals surface area contributed by atoms with Crippen LogP contribution in [0.5, 0.6) is 0 Å². The van der Waals surface area contributed by atoms with Gasteiger partial charge in [-0.05, 0) is 45.6 Å². The lowest BCUT2D eigenvalue weighted by atomic mass is 10.2. The number of aryl methyl sites for hydroxylation is 2. The van der Waals surface area contributed by atoms with Crippen molar-refractivity contribution in [1.29, 1.82) is 0 Å². The molecule has 2 aliphatic heterocycles. The monoisotopic (exact) mass is 382 g/mol. The van der Waals surface area contributed by atoms with Crippen molar-refractivity contribution in [3.63, 3.8) is 0 Å². The predicted molar refractivity (Wildman–Crippen MR) is 108 cm³/mol. The summed E-state index contributed by atoms with van der Waals surface area (Å²) in [5, 5.41) is 7.33. The average Bonchev–Trinajstić information content (AvgIpc) is 2.78. The maximum atomic E-state index is 13.5. The summed E-state index contributed by atoms with van der Waals surface area (Å²) in [6, 6.07) is 7.42. The SMILES string of the molecule is Cc1nn(C)c2c1N(C(=O)CN1CCCN(C)CC1)c1ccccc1NC2=O. The molecule has 1 N–H and O–H groups in total. The Morgan fingerprint density at radius 1 is 1.14 bits per heavy atom. The molecule has 4 rings (SSSR count). The Morgan fingerprint density at radius 3 is 2.75 bits per heavy atom. The van der Waals surface area contributed by atoms with E-state index < -0.39 is 0 Å². The molecule has 0 aliphatic carbocycles. The summed E-state index contributed by atoms with van der Waals surface area (Å²) in [6.45, 7) is 5.88. The highest BCUT2D eigenvalue weighted by Crippen LogP contribution is 2.39. The molecule has 1 aromatic carbocycles. The first-order valence-corrected chi connectivity index (χ1v) is 9.63. The van der Waals surface area contributed by atoms with Gasteiger partial charge in [-0.1, -0.05) is 12.1 Å². The third-order valence-corrected chi connectivity index (χ3v) is 5.44. The van der Waals surface area contributed by atoms with Crippen LogP contribution in [0.25, 0.3) is 0 Å². The molecule has 8 heteroatoms. The fraction of sp³-hybridized carbons (Fsp3) is 0.450. The van der Waals surface area contributed by atoms with Crippen molar-refractivity contribution in [1.82, 2.24) is 19.6 Å². The third kappa shape index (κ3) is 3.29. The minimum Gasteiger partial charge on any atom is -0.319 e. The highest BCUT2D eigenvalue weighted by molar-refractivity contribution is 6.17. The molecule has 1 aromatic heterocycles. The van der Waals surface area contributed by atoms with Gasteiger partial charge in [0.05, 0.1) is 23.6 Å². The molecule has 0 saturated carbocycles. The standard InChI is InChI=1S/C20H26N6O2/c1-14-18-19(24(3)22-14)20(28)21-15-7-4-5-8-16(15)26(18)17(27)13-25-10-6-9-23(2)11-12-25/h4-5,7-8H,6,9-13H2,1-3H3,(H,21,28). The van der Waals surface area contributed by atoms with E-state index in [2.05, 4.69) is 27.3 Å². The summed E-state index contributed by atoms with van der Waals surface area (Å²) >= 11 is 0. The number of likely N-dealkylation sites (N-methyl/N-ethyl adjacent to an activating group) is 1. The minimum atomic E-state index is -0.253. The highest BCUT2D eigenvalue weighted by Gasteiger charge is 2.34. The number of aromatic nitrogens is 2. The quantitative estimate of drug-likeness (QED) is 0.854. The van der Waals surface area contributed by atoms with Gasteiger partial charge in [-0.3, -0.25) is 24.1 Å². The van der Waals surface area contributed by atoms with Gasteiger partial charge in [-0.15, -0.1) is 0 Å². The van der Waals surface area contributed by atoms with Gasteiger partial charge in [0.2, 0.25) is 5.91 Å². The molecule has 0 atom stereocenters. The van der Waals surface area contributed by atoms with Crippen molar-refractivity contribution in [2.75, 3.05) is 50.0 Å². The number of para-hydroxylation sites is 2. The number of benzene rings is 1. The topological polar surface area (TPSA) is 73.7 Å². The smallest absolute Gasteiger partial charge is 0.276 e. The lowest BCUT2D eigenvalue weighted by Gasteiger charge is -2.27. The van der Waals surface area contributed by atoms with E-state index in [0.717, 1.165) is 32.6 Å². The summed E-state index contributed by atoms with van der Waals surface area (Å²) in [6.07, 6.45) is 1.04. The lowest BCUT2D eigenvalue weighted by Crippen LogP contribution is -2.40. The van der Waals surface area contributed by atoms with Gasteiger partial charge in [-0.2, -0.15) is 5.10 Å². The zero-order valence-corrected chi connectivity index (χ0v) is 16.6. The van der Waals surface area contributed by atoms with Gasteiger partial charge in [-0.25, -0.2) is 0 Å². The van der Waals surface area contributed by atoms with E-state index in [1.807, 2.05) is 31.2 Å². The van der Waals surface area contributed by atoms with E-state index in [0.29, 0.717) is 35.0 Å². The molecular weight excluding hydrogens is 356 g/mol.